The summed E-state index contributed by atoms with van der Waals surface area (Å²) in [6, 6.07) is 15.9. The van der Waals surface area contributed by atoms with Gasteiger partial charge in [0.15, 0.2) is 11.0 Å². The van der Waals surface area contributed by atoms with E-state index in [2.05, 4.69) is 17.1 Å². The zero-order valence-corrected chi connectivity index (χ0v) is 19.8. The fourth-order valence-electron chi connectivity index (χ4n) is 3.31. The lowest BCUT2D eigenvalue weighted by atomic mass is 10.1. The van der Waals surface area contributed by atoms with Crippen molar-refractivity contribution in [1.82, 2.24) is 19.9 Å². The van der Waals surface area contributed by atoms with Crippen LogP contribution in [0, 0.1) is 6.92 Å². The lowest BCUT2D eigenvalue weighted by Crippen LogP contribution is -2.23. The number of para-hydroxylation sites is 1. The lowest BCUT2D eigenvalue weighted by molar-refractivity contribution is -0.115. The molecule has 0 radical (unpaired) electrons. The second-order valence-corrected chi connectivity index (χ2v) is 9.07. The number of hydrogen-bond acceptors (Lipinski definition) is 7. The SMILES string of the molecule is CCc1ccccc1N(C(C)=O)c1nc(CSc2nnc(-c3ccc(C)cc3)n2N)cs1. The number of rotatable bonds is 7. The van der Waals surface area contributed by atoms with Crippen LogP contribution in [0.15, 0.2) is 59.1 Å². The number of carbonyl (C=O) groups is 1. The third kappa shape index (κ3) is 4.53. The van der Waals surface area contributed by atoms with Crippen molar-refractivity contribution in [2.24, 2.45) is 0 Å². The molecule has 4 rings (SSSR count). The molecule has 0 spiro atoms. The summed E-state index contributed by atoms with van der Waals surface area (Å²) >= 11 is 2.91. The number of nitrogens with two attached hydrogens (primary N) is 1. The molecule has 0 fully saturated rings. The van der Waals surface area contributed by atoms with E-state index in [0.29, 0.717) is 21.9 Å². The van der Waals surface area contributed by atoms with Gasteiger partial charge in [-0.05, 0) is 25.0 Å². The zero-order chi connectivity index (χ0) is 22.7. The Bertz CT molecular complexity index is 1230. The minimum atomic E-state index is -0.0658. The van der Waals surface area contributed by atoms with Gasteiger partial charge in [-0.25, -0.2) is 9.66 Å². The predicted molar refractivity (Wildman–Crippen MR) is 131 cm³/mol. The van der Waals surface area contributed by atoms with Gasteiger partial charge in [-0.1, -0.05) is 66.7 Å². The number of nitrogen functional groups attached to an aromatic ring is 1. The first kappa shape index (κ1) is 22.0. The van der Waals surface area contributed by atoms with Crippen molar-refractivity contribution in [2.45, 2.75) is 38.1 Å². The summed E-state index contributed by atoms with van der Waals surface area (Å²) in [5.74, 6) is 7.36. The Morgan fingerprint density at radius 2 is 1.91 bits per heavy atom. The van der Waals surface area contributed by atoms with Crippen LogP contribution in [-0.2, 0) is 17.0 Å². The molecule has 0 aliphatic rings. The average molecular weight is 465 g/mol. The Balaban J connectivity index is 1.51. The third-order valence-corrected chi connectivity index (χ3v) is 6.83. The van der Waals surface area contributed by atoms with E-state index in [0.717, 1.165) is 28.9 Å². The van der Waals surface area contributed by atoms with Gasteiger partial charge in [-0.3, -0.25) is 9.69 Å². The quantitative estimate of drug-likeness (QED) is 0.307. The second-order valence-electron chi connectivity index (χ2n) is 7.29. The number of thiazole rings is 1. The van der Waals surface area contributed by atoms with Crippen molar-refractivity contribution in [3.8, 4) is 11.4 Å². The number of anilines is 2. The van der Waals surface area contributed by atoms with Crippen molar-refractivity contribution in [3.63, 3.8) is 0 Å². The summed E-state index contributed by atoms with van der Waals surface area (Å²) in [6.07, 6.45) is 0.837. The van der Waals surface area contributed by atoms with Gasteiger partial charge in [0, 0.05) is 23.6 Å². The summed E-state index contributed by atoms with van der Waals surface area (Å²) in [5.41, 5.74) is 4.93. The van der Waals surface area contributed by atoms with E-state index in [4.69, 9.17) is 10.8 Å². The summed E-state index contributed by atoms with van der Waals surface area (Å²) in [6.45, 7) is 5.68. The van der Waals surface area contributed by atoms with Gasteiger partial charge < -0.3 is 5.84 Å². The molecule has 0 saturated heterocycles. The highest BCUT2D eigenvalue weighted by molar-refractivity contribution is 7.98. The summed E-state index contributed by atoms with van der Waals surface area (Å²) in [7, 11) is 0. The summed E-state index contributed by atoms with van der Waals surface area (Å²) in [5, 5.41) is 11.7. The van der Waals surface area contributed by atoms with Gasteiger partial charge in [0.05, 0.1) is 11.4 Å². The van der Waals surface area contributed by atoms with E-state index in [9.17, 15) is 4.79 Å². The fourth-order valence-corrected chi connectivity index (χ4v) is 5.05. The molecule has 4 aromatic rings. The van der Waals surface area contributed by atoms with Gasteiger partial charge in [0.2, 0.25) is 11.1 Å². The van der Waals surface area contributed by atoms with E-state index in [1.54, 1.807) is 11.8 Å². The monoisotopic (exact) mass is 464 g/mol. The minimum absolute atomic E-state index is 0.0658. The normalized spacial score (nSPS) is 11.0. The first-order valence-electron chi connectivity index (χ1n) is 10.2. The van der Waals surface area contributed by atoms with Crippen molar-refractivity contribution in [2.75, 3.05) is 10.7 Å². The molecule has 0 aliphatic carbocycles. The number of thioether (sulfide) groups is 1. The second kappa shape index (κ2) is 9.54. The van der Waals surface area contributed by atoms with Gasteiger partial charge in [0.25, 0.3) is 0 Å². The van der Waals surface area contributed by atoms with Crippen LogP contribution in [0.25, 0.3) is 11.4 Å². The van der Waals surface area contributed by atoms with Crippen LogP contribution in [-0.4, -0.2) is 25.8 Å². The number of aryl methyl sites for hydroxylation is 2. The Hall–Kier alpha value is -3.17. The van der Waals surface area contributed by atoms with Crippen molar-refractivity contribution in [3.05, 3.63) is 70.7 Å². The molecule has 2 aromatic carbocycles. The molecular formula is C23H24N6OS2. The molecule has 0 saturated carbocycles. The van der Waals surface area contributed by atoms with E-state index in [-0.39, 0.29) is 5.91 Å². The Morgan fingerprint density at radius 1 is 1.16 bits per heavy atom. The molecular weight excluding hydrogens is 440 g/mol. The van der Waals surface area contributed by atoms with Crippen LogP contribution >= 0.6 is 23.1 Å². The number of aromatic nitrogens is 4. The maximum absolute atomic E-state index is 12.5. The zero-order valence-electron chi connectivity index (χ0n) is 18.1. The number of hydrogen-bond donors (Lipinski definition) is 1. The highest BCUT2D eigenvalue weighted by atomic mass is 32.2. The highest BCUT2D eigenvalue weighted by Gasteiger charge is 2.20. The van der Waals surface area contributed by atoms with Crippen LogP contribution in [0.2, 0.25) is 0 Å². The smallest absolute Gasteiger partial charge is 0.230 e. The van der Waals surface area contributed by atoms with Crippen LogP contribution in [0.1, 0.15) is 30.7 Å². The number of carbonyl (C=O) groups excluding carboxylic acids is 1. The molecule has 164 valence electrons. The molecule has 32 heavy (non-hydrogen) atoms. The molecule has 0 atom stereocenters. The van der Waals surface area contributed by atoms with Crippen molar-refractivity contribution >= 4 is 39.8 Å². The largest absolute Gasteiger partial charge is 0.335 e. The standard InChI is InChI=1S/C23H24N6OS2/c1-4-17-7-5-6-8-20(17)28(16(3)30)22-25-19(13-31-22)14-32-23-27-26-21(29(23)24)18-11-9-15(2)10-12-18/h5-13H,4,14,24H2,1-3H3. The van der Waals surface area contributed by atoms with Crippen molar-refractivity contribution < 1.29 is 4.79 Å². The van der Waals surface area contributed by atoms with E-state index in [1.165, 1.54) is 33.3 Å². The molecule has 0 unspecified atom stereocenters. The van der Waals surface area contributed by atoms with E-state index in [1.807, 2.05) is 60.8 Å². The van der Waals surface area contributed by atoms with Crippen molar-refractivity contribution in [1.29, 1.82) is 0 Å². The predicted octanol–water partition coefficient (Wildman–Crippen LogP) is 4.96. The number of amides is 1. The molecule has 2 heterocycles. The highest BCUT2D eigenvalue weighted by Crippen LogP contribution is 2.33. The first-order chi connectivity index (χ1) is 15.5. The van der Waals surface area contributed by atoms with Gasteiger partial charge >= 0.3 is 0 Å². The van der Waals surface area contributed by atoms with Gasteiger partial charge in [0.1, 0.15) is 0 Å². The Labute approximate surface area is 195 Å². The van der Waals surface area contributed by atoms with E-state index >= 15 is 0 Å². The topological polar surface area (TPSA) is 89.9 Å². The van der Waals surface area contributed by atoms with E-state index < -0.39 is 0 Å². The van der Waals surface area contributed by atoms with Crippen LogP contribution in [0.3, 0.4) is 0 Å². The fraction of sp³-hybridized carbons (Fsp3) is 0.217. The number of benzene rings is 2. The van der Waals surface area contributed by atoms with Crippen LogP contribution in [0.4, 0.5) is 10.8 Å². The molecule has 2 aromatic heterocycles. The van der Waals surface area contributed by atoms with Crippen LogP contribution in [0.5, 0.6) is 0 Å². The maximum Gasteiger partial charge on any atom is 0.230 e. The average Bonchev–Trinajstić information content (AvgIpc) is 3.40. The molecule has 0 aliphatic heterocycles. The Kier molecular flexibility index (Phi) is 6.57. The maximum atomic E-state index is 12.5. The molecule has 1 amide bonds. The summed E-state index contributed by atoms with van der Waals surface area (Å²) < 4.78 is 1.50. The molecule has 7 nitrogen and oxygen atoms in total. The minimum Gasteiger partial charge on any atom is -0.335 e. The van der Waals surface area contributed by atoms with Crippen LogP contribution < -0.4 is 10.7 Å². The number of nitrogens with zero attached hydrogens (tertiary/aromatic N) is 5. The first-order valence-corrected chi connectivity index (χ1v) is 12.1. The summed E-state index contributed by atoms with van der Waals surface area (Å²) in [4.78, 5) is 18.8. The molecule has 0 bridgehead atoms. The molecule has 2 N–H and O–H groups in total. The Morgan fingerprint density at radius 3 is 2.62 bits per heavy atom. The van der Waals surface area contributed by atoms with Gasteiger partial charge in [-0.15, -0.1) is 21.5 Å². The third-order valence-electron chi connectivity index (χ3n) is 4.98. The molecule has 9 heteroatoms. The lowest BCUT2D eigenvalue weighted by Gasteiger charge is -2.20. The van der Waals surface area contributed by atoms with Gasteiger partial charge in [-0.2, -0.15) is 0 Å².